The van der Waals surface area contributed by atoms with Crippen molar-refractivity contribution in [2.45, 2.75) is 45.2 Å². The molecule has 1 amide bonds. The van der Waals surface area contributed by atoms with Crippen LogP contribution in [-0.4, -0.2) is 61.6 Å². The number of thiazole rings is 1. The number of aromatic nitrogens is 2. The first-order valence-corrected chi connectivity index (χ1v) is 12.2. The summed E-state index contributed by atoms with van der Waals surface area (Å²) >= 11 is 3.51. The number of carbonyl (C=O) groups excluding carboxylic acids is 1. The number of aliphatic carboxylic acids is 1. The molecule has 0 bridgehead atoms. The van der Waals surface area contributed by atoms with Crippen molar-refractivity contribution in [3.8, 4) is 0 Å². The van der Waals surface area contributed by atoms with Gasteiger partial charge in [0, 0.05) is 41.0 Å². The minimum Gasteiger partial charge on any atom is -0.475 e. The van der Waals surface area contributed by atoms with Gasteiger partial charge in [-0.1, -0.05) is 0 Å². The topological polar surface area (TPSA) is 78.7 Å². The Balaban J connectivity index is 0.000000344. The number of hydrogen-bond donors (Lipinski definition) is 1. The number of carboxylic acids is 1. The zero-order valence-electron chi connectivity index (χ0n) is 18.5. The number of hydrogen-bond acceptors (Lipinski definition) is 6. The van der Waals surface area contributed by atoms with E-state index in [9.17, 15) is 18.0 Å². The fourth-order valence-corrected chi connectivity index (χ4v) is 5.89. The molecular formula is C22H23F3N4O3S2. The van der Waals surface area contributed by atoms with Gasteiger partial charge >= 0.3 is 12.1 Å². The van der Waals surface area contributed by atoms with E-state index in [-0.39, 0.29) is 11.9 Å². The molecule has 1 N–H and O–H groups in total. The van der Waals surface area contributed by atoms with Crippen LogP contribution in [-0.2, 0) is 17.9 Å². The van der Waals surface area contributed by atoms with Crippen molar-refractivity contribution >= 4 is 34.6 Å². The van der Waals surface area contributed by atoms with Gasteiger partial charge in [-0.15, -0.1) is 22.7 Å². The lowest BCUT2D eigenvalue weighted by molar-refractivity contribution is -0.192. The Hall–Kier alpha value is -2.70. The lowest BCUT2D eigenvalue weighted by Gasteiger charge is -2.38. The fraction of sp³-hybridized carbons (Fsp3) is 0.409. The third kappa shape index (κ3) is 5.18. The van der Waals surface area contributed by atoms with Crippen LogP contribution in [0.4, 0.5) is 13.2 Å². The van der Waals surface area contributed by atoms with Crippen LogP contribution in [0.1, 0.15) is 37.0 Å². The van der Waals surface area contributed by atoms with E-state index in [1.807, 2.05) is 35.3 Å². The maximum atomic E-state index is 13.2. The Labute approximate surface area is 202 Å². The number of alkyl halides is 3. The number of likely N-dealkylation sites (tertiary alicyclic amines) is 1. The van der Waals surface area contributed by atoms with Gasteiger partial charge in [0.2, 0.25) is 0 Å². The highest BCUT2D eigenvalue weighted by Gasteiger charge is 2.45. The van der Waals surface area contributed by atoms with Crippen molar-refractivity contribution in [3.63, 3.8) is 0 Å². The standard InChI is InChI=1S/C20H22N4OS2.C2HF3O2/c1-13-5-6-16(27-13)9-22-10-18-19(11-22)24(8-15-12-26-14(2)21-15)20(25)17-4-3-7-23(17)18;3-2(4,5)1(6)7/h3-7,12,18-19H,8-11H2,1-2H3;(H,6,7). The van der Waals surface area contributed by atoms with Crippen LogP contribution in [0.3, 0.4) is 0 Å². The average molecular weight is 513 g/mol. The van der Waals surface area contributed by atoms with Crippen LogP contribution in [0.5, 0.6) is 0 Å². The number of fused-ring (bicyclic) bond motifs is 3. The molecule has 0 spiro atoms. The predicted molar refractivity (Wildman–Crippen MR) is 122 cm³/mol. The van der Waals surface area contributed by atoms with Crippen LogP contribution >= 0.6 is 22.7 Å². The Morgan fingerprint density at radius 1 is 1.18 bits per heavy atom. The highest BCUT2D eigenvalue weighted by atomic mass is 32.1. The third-order valence-electron chi connectivity index (χ3n) is 5.77. The van der Waals surface area contributed by atoms with Crippen LogP contribution in [0.2, 0.25) is 0 Å². The lowest BCUT2D eigenvalue weighted by Crippen LogP contribution is -2.49. The summed E-state index contributed by atoms with van der Waals surface area (Å²) in [5.41, 5.74) is 1.80. The largest absolute Gasteiger partial charge is 0.490 e. The van der Waals surface area contributed by atoms with E-state index in [1.165, 1.54) is 9.75 Å². The molecule has 182 valence electrons. The number of carbonyl (C=O) groups is 2. The molecule has 1 fully saturated rings. The molecule has 0 radical (unpaired) electrons. The van der Waals surface area contributed by atoms with E-state index in [0.29, 0.717) is 12.6 Å². The normalized spacial score (nSPS) is 20.0. The minimum absolute atomic E-state index is 0.126. The number of halogens is 3. The summed E-state index contributed by atoms with van der Waals surface area (Å²) in [6.07, 6.45) is -3.02. The lowest BCUT2D eigenvalue weighted by atomic mass is 10.1. The molecule has 2 unspecified atom stereocenters. The first-order valence-electron chi connectivity index (χ1n) is 10.5. The Morgan fingerprint density at radius 3 is 2.47 bits per heavy atom. The van der Waals surface area contributed by atoms with E-state index < -0.39 is 12.1 Å². The monoisotopic (exact) mass is 512 g/mol. The van der Waals surface area contributed by atoms with Crippen molar-refractivity contribution < 1.29 is 27.9 Å². The van der Waals surface area contributed by atoms with Crippen molar-refractivity contribution in [1.29, 1.82) is 0 Å². The molecule has 2 aliphatic rings. The van der Waals surface area contributed by atoms with Gasteiger partial charge in [-0.3, -0.25) is 9.69 Å². The molecule has 34 heavy (non-hydrogen) atoms. The van der Waals surface area contributed by atoms with Crippen LogP contribution in [0.25, 0.3) is 0 Å². The summed E-state index contributed by atoms with van der Waals surface area (Å²) in [7, 11) is 0. The van der Waals surface area contributed by atoms with E-state index in [2.05, 4.69) is 45.1 Å². The van der Waals surface area contributed by atoms with Gasteiger partial charge < -0.3 is 14.6 Å². The fourth-order valence-electron chi connectivity index (χ4n) is 4.35. The highest BCUT2D eigenvalue weighted by molar-refractivity contribution is 7.11. The summed E-state index contributed by atoms with van der Waals surface area (Å²) in [6, 6.07) is 8.86. The first kappa shape index (κ1) is 24.4. The maximum Gasteiger partial charge on any atom is 0.490 e. The molecule has 5 heterocycles. The van der Waals surface area contributed by atoms with Crippen molar-refractivity contribution in [1.82, 2.24) is 19.4 Å². The van der Waals surface area contributed by atoms with Gasteiger partial charge in [0.15, 0.2) is 0 Å². The first-order chi connectivity index (χ1) is 16.0. The molecule has 12 heteroatoms. The molecular weight excluding hydrogens is 489 g/mol. The van der Waals surface area contributed by atoms with Gasteiger partial charge in [-0.2, -0.15) is 13.2 Å². The summed E-state index contributed by atoms with van der Waals surface area (Å²) in [5, 5.41) is 10.3. The quantitative estimate of drug-likeness (QED) is 0.563. The van der Waals surface area contributed by atoms with Gasteiger partial charge in [-0.25, -0.2) is 9.78 Å². The SMILES string of the molecule is Cc1ccc(CN2CC3C(C2)n2cccc2C(=O)N3Cc2csc(C)n2)s1.O=C(O)C(F)(F)F. The van der Waals surface area contributed by atoms with Crippen molar-refractivity contribution in [2.75, 3.05) is 13.1 Å². The molecule has 7 nitrogen and oxygen atoms in total. The molecule has 2 atom stereocenters. The van der Waals surface area contributed by atoms with E-state index >= 15 is 0 Å². The van der Waals surface area contributed by atoms with Gasteiger partial charge in [0.1, 0.15) is 5.69 Å². The maximum absolute atomic E-state index is 13.2. The minimum atomic E-state index is -5.08. The zero-order valence-corrected chi connectivity index (χ0v) is 20.1. The van der Waals surface area contributed by atoms with Gasteiger partial charge in [0.05, 0.1) is 29.3 Å². The van der Waals surface area contributed by atoms with Crippen LogP contribution in [0.15, 0.2) is 35.8 Å². The molecule has 3 aromatic rings. The molecule has 3 aromatic heterocycles. The van der Waals surface area contributed by atoms with Crippen molar-refractivity contribution in [3.05, 3.63) is 62.0 Å². The van der Waals surface area contributed by atoms with Crippen LogP contribution < -0.4 is 0 Å². The van der Waals surface area contributed by atoms with E-state index in [1.54, 1.807) is 11.3 Å². The molecule has 5 rings (SSSR count). The summed E-state index contributed by atoms with van der Waals surface area (Å²) in [5.74, 6) is -2.63. The average Bonchev–Trinajstić information content (AvgIpc) is 3.53. The second-order valence-corrected chi connectivity index (χ2v) is 10.7. The Bertz CT molecular complexity index is 1190. The van der Waals surface area contributed by atoms with Crippen LogP contribution in [0, 0.1) is 13.8 Å². The number of thiophene rings is 1. The predicted octanol–water partition coefficient (Wildman–Crippen LogP) is 4.34. The van der Waals surface area contributed by atoms with Gasteiger partial charge in [-0.05, 0) is 38.1 Å². The second kappa shape index (κ2) is 9.51. The Kier molecular flexibility index (Phi) is 6.83. The van der Waals surface area contributed by atoms with Crippen molar-refractivity contribution in [2.24, 2.45) is 0 Å². The zero-order chi connectivity index (χ0) is 24.6. The molecule has 0 aliphatic carbocycles. The molecule has 0 saturated carbocycles. The number of carboxylic acid groups (broad SMARTS) is 1. The Morgan fingerprint density at radius 2 is 1.88 bits per heavy atom. The molecule has 2 aliphatic heterocycles. The highest BCUT2D eigenvalue weighted by Crippen LogP contribution is 2.35. The van der Waals surface area contributed by atoms with Gasteiger partial charge in [0.25, 0.3) is 5.91 Å². The molecule has 1 saturated heterocycles. The summed E-state index contributed by atoms with van der Waals surface area (Å²) < 4.78 is 33.9. The number of rotatable bonds is 4. The number of amides is 1. The number of nitrogens with zero attached hydrogens (tertiary/aromatic N) is 4. The molecule has 0 aromatic carbocycles. The second-order valence-electron chi connectivity index (χ2n) is 8.24. The van der Waals surface area contributed by atoms with E-state index in [0.717, 1.165) is 36.0 Å². The summed E-state index contributed by atoms with van der Waals surface area (Å²) in [4.78, 5) is 33.9. The summed E-state index contributed by atoms with van der Waals surface area (Å²) in [6.45, 7) is 7.61. The smallest absolute Gasteiger partial charge is 0.475 e. The third-order valence-corrected chi connectivity index (χ3v) is 7.58. The number of aryl methyl sites for hydroxylation is 2. The van der Waals surface area contributed by atoms with E-state index in [4.69, 9.17) is 9.90 Å².